The van der Waals surface area contributed by atoms with E-state index in [1.807, 2.05) is 41.9 Å². The fourth-order valence-corrected chi connectivity index (χ4v) is 3.25. The smallest absolute Gasteiger partial charge is 0.194 e. The van der Waals surface area contributed by atoms with Gasteiger partial charge in [-0.05, 0) is 25.4 Å². The van der Waals surface area contributed by atoms with E-state index in [0.29, 0.717) is 6.54 Å². The van der Waals surface area contributed by atoms with Crippen LogP contribution in [0.2, 0.25) is 0 Å². The number of likely N-dealkylation sites (N-methyl/N-ethyl adjacent to an activating group) is 1. The van der Waals surface area contributed by atoms with Gasteiger partial charge >= 0.3 is 0 Å². The summed E-state index contributed by atoms with van der Waals surface area (Å²) in [5.41, 5.74) is 0. The van der Waals surface area contributed by atoms with Crippen LogP contribution >= 0.6 is 47.1 Å². The van der Waals surface area contributed by atoms with E-state index in [4.69, 9.17) is 4.99 Å². The number of hydrogen-bond acceptors (Lipinski definition) is 6. The lowest BCUT2D eigenvalue weighted by molar-refractivity contribution is 0.481. The average Bonchev–Trinajstić information content (AvgIpc) is 3.24. The Balaban J connectivity index is 0.00000338. The fraction of sp³-hybridized carbons (Fsp3) is 0.625. The highest BCUT2D eigenvalue weighted by Crippen LogP contribution is 2.06. The Morgan fingerprint density at radius 3 is 2.85 bits per heavy atom. The maximum Gasteiger partial charge on any atom is 0.194 e. The number of aromatic nitrogens is 4. The molecule has 0 atom stereocenters. The van der Waals surface area contributed by atoms with Gasteiger partial charge in [0.1, 0.15) is 12.4 Å². The first-order chi connectivity index (χ1) is 12.1. The monoisotopic (exact) mass is 509 g/mol. The predicted octanol–water partition coefficient (Wildman–Crippen LogP) is 2.57. The zero-order chi connectivity index (χ0) is 18.1. The fourth-order valence-electron chi connectivity index (χ4n) is 2.21. The minimum Gasteiger partial charge on any atom is -0.356 e. The zero-order valence-corrected chi connectivity index (χ0v) is 19.8. The molecule has 0 aromatic carbocycles. The minimum absolute atomic E-state index is 0. The molecule has 0 aliphatic rings. The lowest BCUT2D eigenvalue weighted by atomic mass is 10.4. The number of thiazole rings is 1. The van der Waals surface area contributed by atoms with Gasteiger partial charge in [0.15, 0.2) is 11.8 Å². The molecule has 0 aliphatic heterocycles. The highest BCUT2D eigenvalue weighted by atomic mass is 127. The molecule has 0 unspecified atom stereocenters. The molecular weight excluding hydrogens is 481 g/mol. The van der Waals surface area contributed by atoms with Crippen molar-refractivity contribution in [2.45, 2.75) is 26.3 Å². The van der Waals surface area contributed by atoms with Gasteiger partial charge in [-0.2, -0.15) is 11.8 Å². The predicted molar refractivity (Wildman–Crippen MR) is 122 cm³/mol. The SMILES string of the molecule is CSCCCNC(=NCc1nnc(C)n1C)N(C)CCc1nccs1.I. The summed E-state index contributed by atoms with van der Waals surface area (Å²) in [5, 5.41) is 14.9. The van der Waals surface area contributed by atoms with Crippen LogP contribution in [-0.4, -0.2) is 62.8 Å². The van der Waals surface area contributed by atoms with Crippen LogP contribution in [0.4, 0.5) is 0 Å². The van der Waals surface area contributed by atoms with Crippen molar-refractivity contribution in [3.05, 3.63) is 28.2 Å². The van der Waals surface area contributed by atoms with Crippen LogP contribution in [0.15, 0.2) is 16.6 Å². The van der Waals surface area contributed by atoms with Gasteiger partial charge in [-0.15, -0.1) is 45.5 Å². The van der Waals surface area contributed by atoms with E-state index in [0.717, 1.165) is 54.3 Å². The zero-order valence-electron chi connectivity index (χ0n) is 15.8. The Bertz CT molecular complexity index is 658. The Morgan fingerprint density at radius 1 is 1.42 bits per heavy atom. The number of guanidine groups is 1. The van der Waals surface area contributed by atoms with Crippen molar-refractivity contribution in [2.75, 3.05) is 32.1 Å². The van der Waals surface area contributed by atoms with Gasteiger partial charge in [0, 0.05) is 45.2 Å². The van der Waals surface area contributed by atoms with E-state index in [1.54, 1.807) is 11.3 Å². The van der Waals surface area contributed by atoms with Crippen molar-refractivity contribution in [3.8, 4) is 0 Å². The maximum atomic E-state index is 4.75. The van der Waals surface area contributed by atoms with Crippen LogP contribution < -0.4 is 5.32 Å². The van der Waals surface area contributed by atoms with E-state index in [2.05, 4.69) is 38.7 Å². The average molecular weight is 509 g/mol. The summed E-state index contributed by atoms with van der Waals surface area (Å²) in [6.45, 7) is 4.25. The van der Waals surface area contributed by atoms with E-state index >= 15 is 0 Å². The van der Waals surface area contributed by atoms with Crippen molar-refractivity contribution < 1.29 is 0 Å². The lowest BCUT2D eigenvalue weighted by Crippen LogP contribution is -2.40. The number of nitrogens with one attached hydrogen (secondary N) is 1. The van der Waals surface area contributed by atoms with Crippen molar-refractivity contribution >= 4 is 53.0 Å². The highest BCUT2D eigenvalue weighted by Gasteiger charge is 2.09. The number of nitrogens with zero attached hydrogens (tertiary/aromatic N) is 6. The normalized spacial score (nSPS) is 11.3. The molecule has 2 heterocycles. The van der Waals surface area contributed by atoms with Crippen molar-refractivity contribution in [3.63, 3.8) is 0 Å². The van der Waals surface area contributed by atoms with Crippen molar-refractivity contribution in [2.24, 2.45) is 12.0 Å². The molecule has 0 spiro atoms. The molecule has 0 fully saturated rings. The van der Waals surface area contributed by atoms with Crippen LogP contribution in [-0.2, 0) is 20.0 Å². The Labute approximate surface area is 181 Å². The summed E-state index contributed by atoms with van der Waals surface area (Å²) in [4.78, 5) is 11.3. The van der Waals surface area contributed by atoms with Gasteiger partial charge in [-0.1, -0.05) is 0 Å². The second kappa shape index (κ2) is 12.5. The molecule has 1 N–H and O–H groups in total. The van der Waals surface area contributed by atoms with Gasteiger partial charge in [-0.25, -0.2) is 9.98 Å². The first kappa shape index (κ1) is 23.2. The number of rotatable bonds is 9. The minimum atomic E-state index is 0. The van der Waals surface area contributed by atoms with Crippen molar-refractivity contribution in [1.29, 1.82) is 0 Å². The van der Waals surface area contributed by atoms with E-state index < -0.39 is 0 Å². The second-order valence-electron chi connectivity index (χ2n) is 5.73. The summed E-state index contributed by atoms with van der Waals surface area (Å²) in [6, 6.07) is 0. The standard InChI is InChI=1S/C16H27N7S2.HI/c1-13-20-21-14(23(13)3)12-19-16(18-7-5-10-24-4)22(2)9-6-15-17-8-11-25-15;/h8,11H,5-7,9-10,12H2,1-4H3,(H,18,19);1H. The van der Waals surface area contributed by atoms with Crippen LogP contribution in [0.5, 0.6) is 0 Å². The maximum absolute atomic E-state index is 4.75. The van der Waals surface area contributed by atoms with Gasteiger partial charge < -0.3 is 14.8 Å². The second-order valence-corrected chi connectivity index (χ2v) is 7.70. The molecule has 10 heteroatoms. The summed E-state index contributed by atoms with van der Waals surface area (Å²) < 4.78 is 1.98. The molecule has 146 valence electrons. The van der Waals surface area contributed by atoms with Gasteiger partial charge in [-0.3, -0.25) is 0 Å². The number of halogens is 1. The van der Waals surface area contributed by atoms with Gasteiger partial charge in [0.2, 0.25) is 0 Å². The number of thioether (sulfide) groups is 1. The van der Waals surface area contributed by atoms with Gasteiger partial charge in [0.25, 0.3) is 0 Å². The van der Waals surface area contributed by atoms with Crippen LogP contribution in [0.1, 0.15) is 23.1 Å². The third-order valence-electron chi connectivity index (χ3n) is 3.87. The summed E-state index contributed by atoms with van der Waals surface area (Å²) in [6.07, 6.45) is 6.02. The van der Waals surface area contributed by atoms with Gasteiger partial charge in [0.05, 0.1) is 5.01 Å². The molecule has 7 nitrogen and oxygen atoms in total. The Morgan fingerprint density at radius 2 is 2.23 bits per heavy atom. The molecule has 2 rings (SSSR count). The molecule has 26 heavy (non-hydrogen) atoms. The third-order valence-corrected chi connectivity index (χ3v) is 5.40. The van der Waals surface area contributed by atoms with E-state index in [9.17, 15) is 0 Å². The molecule has 0 aliphatic carbocycles. The Hall–Kier alpha value is -0.880. The molecule has 2 aromatic rings. The molecule has 0 radical (unpaired) electrons. The van der Waals surface area contributed by atoms with Crippen LogP contribution in [0.3, 0.4) is 0 Å². The summed E-state index contributed by atoms with van der Waals surface area (Å²) in [5.74, 6) is 3.82. The Kier molecular flexibility index (Phi) is 11.1. The molecule has 0 saturated carbocycles. The first-order valence-corrected chi connectivity index (χ1v) is 10.6. The quantitative estimate of drug-likeness (QED) is 0.243. The first-order valence-electron chi connectivity index (χ1n) is 8.33. The van der Waals surface area contributed by atoms with Crippen LogP contribution in [0, 0.1) is 6.92 Å². The molecule has 2 aromatic heterocycles. The number of aliphatic imine (C=N–C) groups is 1. The molecular formula is C16H28IN7S2. The van der Waals surface area contributed by atoms with Crippen molar-refractivity contribution in [1.82, 2.24) is 30.0 Å². The number of aryl methyl sites for hydroxylation is 1. The van der Waals surface area contributed by atoms with E-state index in [-0.39, 0.29) is 24.0 Å². The summed E-state index contributed by atoms with van der Waals surface area (Å²) in [7, 11) is 4.04. The lowest BCUT2D eigenvalue weighted by Gasteiger charge is -2.22. The topological polar surface area (TPSA) is 71.2 Å². The molecule has 0 saturated heterocycles. The van der Waals surface area contributed by atoms with E-state index in [1.165, 1.54) is 0 Å². The summed E-state index contributed by atoms with van der Waals surface area (Å²) >= 11 is 3.56. The molecule has 0 amide bonds. The third kappa shape index (κ3) is 7.39. The van der Waals surface area contributed by atoms with Crippen LogP contribution in [0.25, 0.3) is 0 Å². The highest BCUT2D eigenvalue weighted by molar-refractivity contribution is 14.0. The largest absolute Gasteiger partial charge is 0.356 e. The number of hydrogen-bond donors (Lipinski definition) is 1. The molecule has 0 bridgehead atoms.